The molecular formula is C13H19NO. The lowest BCUT2D eigenvalue weighted by Crippen LogP contribution is -2.25. The molecule has 1 aliphatic rings. The molecule has 2 heteroatoms. The molecule has 1 saturated carbocycles. The minimum Gasteiger partial charge on any atom is -0.474 e. The Balaban J connectivity index is 2.11. The quantitative estimate of drug-likeness (QED) is 0.739. The second-order valence-electron chi connectivity index (χ2n) is 5.30. The molecule has 0 radical (unpaired) electrons. The fraction of sp³-hybridized carbons (Fsp3) is 0.615. The summed E-state index contributed by atoms with van der Waals surface area (Å²) in [6.45, 7) is 6.61. The summed E-state index contributed by atoms with van der Waals surface area (Å²) in [6.07, 6.45) is 5.91. The summed E-state index contributed by atoms with van der Waals surface area (Å²) in [4.78, 5) is 4.25. The Kier molecular flexibility index (Phi) is 2.68. The van der Waals surface area contributed by atoms with E-state index >= 15 is 0 Å². The van der Waals surface area contributed by atoms with E-state index in [1.165, 1.54) is 24.8 Å². The van der Waals surface area contributed by atoms with Gasteiger partial charge in [-0.05, 0) is 36.3 Å². The highest BCUT2D eigenvalue weighted by molar-refractivity contribution is 5.26. The molecule has 0 atom stereocenters. The van der Waals surface area contributed by atoms with Crippen LogP contribution in [0.2, 0.25) is 0 Å². The first-order valence-electron chi connectivity index (χ1n) is 5.69. The highest BCUT2D eigenvalue weighted by atomic mass is 16.5. The largest absolute Gasteiger partial charge is 0.474 e. The van der Waals surface area contributed by atoms with E-state index in [2.05, 4.69) is 37.9 Å². The minimum absolute atomic E-state index is 0.167. The number of pyridine rings is 1. The Labute approximate surface area is 91.7 Å². The van der Waals surface area contributed by atoms with Crippen molar-refractivity contribution in [3.63, 3.8) is 0 Å². The van der Waals surface area contributed by atoms with Crippen molar-refractivity contribution in [3.8, 4) is 5.88 Å². The number of hydrogen-bond donors (Lipinski definition) is 0. The van der Waals surface area contributed by atoms with E-state index in [4.69, 9.17) is 4.74 Å². The van der Waals surface area contributed by atoms with Gasteiger partial charge in [0.05, 0.1) is 0 Å². The molecule has 0 aromatic carbocycles. The van der Waals surface area contributed by atoms with E-state index in [-0.39, 0.29) is 5.41 Å². The Morgan fingerprint density at radius 1 is 1.33 bits per heavy atom. The second kappa shape index (κ2) is 3.84. The monoisotopic (exact) mass is 205 g/mol. The van der Waals surface area contributed by atoms with Gasteiger partial charge in [-0.25, -0.2) is 4.98 Å². The molecule has 0 amide bonds. The zero-order valence-corrected chi connectivity index (χ0v) is 9.79. The molecule has 1 fully saturated rings. The van der Waals surface area contributed by atoms with Gasteiger partial charge < -0.3 is 4.74 Å². The van der Waals surface area contributed by atoms with Crippen LogP contribution in [0.15, 0.2) is 18.3 Å². The number of rotatable bonds is 2. The summed E-state index contributed by atoms with van der Waals surface area (Å²) in [6, 6.07) is 4.13. The molecule has 1 heterocycles. The third-order valence-electron chi connectivity index (χ3n) is 2.94. The van der Waals surface area contributed by atoms with E-state index in [1.807, 2.05) is 6.20 Å². The Morgan fingerprint density at radius 2 is 2.07 bits per heavy atom. The maximum Gasteiger partial charge on any atom is 0.213 e. The lowest BCUT2D eigenvalue weighted by atomic mass is 9.88. The minimum atomic E-state index is 0.167. The molecular weight excluding hydrogens is 186 g/mol. The Bertz CT molecular complexity index is 337. The van der Waals surface area contributed by atoms with Crippen LogP contribution >= 0.6 is 0 Å². The molecule has 2 nitrogen and oxygen atoms in total. The van der Waals surface area contributed by atoms with Gasteiger partial charge in [-0.15, -0.1) is 0 Å². The van der Waals surface area contributed by atoms with E-state index in [9.17, 15) is 0 Å². The fourth-order valence-electron chi connectivity index (χ4n) is 1.60. The van der Waals surface area contributed by atoms with Gasteiger partial charge in [-0.2, -0.15) is 0 Å². The van der Waals surface area contributed by atoms with Gasteiger partial charge in [-0.3, -0.25) is 0 Å². The molecule has 1 aromatic rings. The van der Waals surface area contributed by atoms with E-state index in [1.54, 1.807) is 0 Å². The van der Waals surface area contributed by atoms with Crippen molar-refractivity contribution in [2.24, 2.45) is 0 Å². The van der Waals surface area contributed by atoms with E-state index in [0.29, 0.717) is 6.10 Å². The molecule has 0 saturated heterocycles. The van der Waals surface area contributed by atoms with Gasteiger partial charge in [0.15, 0.2) is 0 Å². The van der Waals surface area contributed by atoms with Gasteiger partial charge in [0, 0.05) is 12.3 Å². The van der Waals surface area contributed by atoms with Crippen molar-refractivity contribution < 1.29 is 4.74 Å². The molecule has 0 unspecified atom stereocenters. The Morgan fingerprint density at radius 3 is 2.60 bits per heavy atom. The summed E-state index contributed by atoms with van der Waals surface area (Å²) in [7, 11) is 0. The maximum absolute atomic E-state index is 5.78. The van der Waals surface area contributed by atoms with Crippen LogP contribution in [-0.4, -0.2) is 11.1 Å². The van der Waals surface area contributed by atoms with Crippen LogP contribution in [0.3, 0.4) is 0 Å². The van der Waals surface area contributed by atoms with Crippen molar-refractivity contribution in [3.05, 3.63) is 23.9 Å². The van der Waals surface area contributed by atoms with Gasteiger partial charge in [0.1, 0.15) is 6.10 Å². The van der Waals surface area contributed by atoms with Crippen LogP contribution in [0, 0.1) is 0 Å². The van der Waals surface area contributed by atoms with Gasteiger partial charge in [-0.1, -0.05) is 20.8 Å². The number of aromatic nitrogens is 1. The van der Waals surface area contributed by atoms with Crippen LogP contribution < -0.4 is 4.74 Å². The summed E-state index contributed by atoms with van der Waals surface area (Å²) in [5.74, 6) is 0.784. The lowest BCUT2D eigenvalue weighted by Gasteiger charge is -2.26. The van der Waals surface area contributed by atoms with Gasteiger partial charge >= 0.3 is 0 Å². The van der Waals surface area contributed by atoms with Crippen molar-refractivity contribution in [2.75, 3.05) is 0 Å². The molecule has 0 aliphatic heterocycles. The van der Waals surface area contributed by atoms with Crippen molar-refractivity contribution in [1.29, 1.82) is 0 Å². The molecule has 1 aliphatic carbocycles. The zero-order valence-electron chi connectivity index (χ0n) is 9.79. The van der Waals surface area contributed by atoms with Crippen molar-refractivity contribution >= 4 is 0 Å². The SMILES string of the molecule is CC(C)(C)c1ccnc(OC2CCC2)c1. The average Bonchev–Trinajstić information content (AvgIpc) is 2.11. The predicted octanol–water partition coefficient (Wildman–Crippen LogP) is 3.31. The fourth-order valence-corrected chi connectivity index (χ4v) is 1.60. The topological polar surface area (TPSA) is 22.1 Å². The summed E-state index contributed by atoms with van der Waals surface area (Å²) < 4.78 is 5.78. The van der Waals surface area contributed by atoms with Crippen LogP contribution in [0.4, 0.5) is 0 Å². The standard InChI is InChI=1S/C13H19NO/c1-13(2,3)10-7-8-14-12(9-10)15-11-5-4-6-11/h7-9,11H,4-6H2,1-3H3. The Hall–Kier alpha value is -1.05. The molecule has 15 heavy (non-hydrogen) atoms. The maximum atomic E-state index is 5.78. The molecule has 0 spiro atoms. The normalized spacial score (nSPS) is 17.3. The van der Waals surface area contributed by atoms with E-state index < -0.39 is 0 Å². The summed E-state index contributed by atoms with van der Waals surface area (Å²) in [5.41, 5.74) is 1.45. The van der Waals surface area contributed by atoms with Crippen LogP contribution in [-0.2, 0) is 5.41 Å². The molecule has 2 rings (SSSR count). The highest BCUT2D eigenvalue weighted by Crippen LogP contribution is 2.27. The van der Waals surface area contributed by atoms with Gasteiger partial charge in [0.2, 0.25) is 5.88 Å². The third kappa shape index (κ3) is 2.49. The zero-order chi connectivity index (χ0) is 10.9. The number of hydrogen-bond acceptors (Lipinski definition) is 2. The second-order valence-corrected chi connectivity index (χ2v) is 5.30. The van der Waals surface area contributed by atoms with Crippen molar-refractivity contribution in [2.45, 2.75) is 51.6 Å². The number of ether oxygens (including phenoxy) is 1. The third-order valence-corrected chi connectivity index (χ3v) is 2.94. The molecule has 82 valence electrons. The van der Waals surface area contributed by atoms with Crippen LogP contribution in [0.5, 0.6) is 5.88 Å². The first-order valence-corrected chi connectivity index (χ1v) is 5.69. The number of nitrogens with zero attached hydrogens (tertiary/aromatic N) is 1. The van der Waals surface area contributed by atoms with Crippen LogP contribution in [0.25, 0.3) is 0 Å². The molecule has 0 bridgehead atoms. The van der Waals surface area contributed by atoms with Crippen molar-refractivity contribution in [1.82, 2.24) is 4.98 Å². The van der Waals surface area contributed by atoms with Gasteiger partial charge in [0.25, 0.3) is 0 Å². The first-order chi connectivity index (χ1) is 7.05. The summed E-state index contributed by atoms with van der Waals surface area (Å²) >= 11 is 0. The lowest BCUT2D eigenvalue weighted by molar-refractivity contribution is 0.114. The van der Waals surface area contributed by atoms with E-state index in [0.717, 1.165) is 5.88 Å². The van der Waals surface area contributed by atoms with Crippen LogP contribution in [0.1, 0.15) is 45.6 Å². The molecule has 1 aromatic heterocycles. The first kappa shape index (κ1) is 10.5. The smallest absolute Gasteiger partial charge is 0.213 e. The molecule has 0 N–H and O–H groups in total. The summed E-state index contributed by atoms with van der Waals surface area (Å²) in [5, 5.41) is 0. The highest BCUT2D eigenvalue weighted by Gasteiger charge is 2.20. The predicted molar refractivity (Wildman–Crippen MR) is 61.2 cm³/mol. The average molecular weight is 205 g/mol.